The summed E-state index contributed by atoms with van der Waals surface area (Å²) in [7, 11) is 0. The molecule has 2 rings (SSSR count). The molecule has 0 aliphatic carbocycles. The van der Waals surface area contributed by atoms with Crippen molar-refractivity contribution in [2.24, 2.45) is 0 Å². The summed E-state index contributed by atoms with van der Waals surface area (Å²) < 4.78 is 5.48. The van der Waals surface area contributed by atoms with Gasteiger partial charge in [0.2, 0.25) is 5.89 Å². The van der Waals surface area contributed by atoms with Crippen molar-refractivity contribution >= 4 is 0 Å². The third-order valence-electron chi connectivity index (χ3n) is 3.11. The first-order valence-electron chi connectivity index (χ1n) is 6.67. The molecule has 0 radical (unpaired) electrons. The maximum absolute atomic E-state index is 8.94. The van der Waals surface area contributed by atoms with Crippen LogP contribution >= 0.6 is 0 Å². The topological polar surface area (TPSA) is 58.3 Å². The van der Waals surface area contributed by atoms with Crippen molar-refractivity contribution in [2.75, 3.05) is 6.61 Å². The Labute approximate surface area is 113 Å². The van der Waals surface area contributed by atoms with Crippen molar-refractivity contribution in [3.8, 4) is 11.5 Å². The number of hydrogen-bond acceptors (Lipinski definition) is 4. The van der Waals surface area contributed by atoms with E-state index in [-0.39, 0.29) is 6.61 Å². The molecule has 0 saturated heterocycles. The van der Waals surface area contributed by atoms with Gasteiger partial charge < -0.3 is 14.8 Å². The van der Waals surface area contributed by atoms with Crippen LogP contribution in [-0.2, 0) is 6.54 Å². The largest absolute Gasteiger partial charge is 0.444 e. The standard InChI is InChI=1S/C15H20N2O2/c1-2-13(8-9-18)16-10-14-11-19-15(17-14)12-6-4-3-5-7-12/h3-7,11,13,16,18H,2,8-10H2,1H3. The fourth-order valence-electron chi connectivity index (χ4n) is 1.96. The first kappa shape index (κ1) is 13.8. The summed E-state index contributed by atoms with van der Waals surface area (Å²) in [6, 6.07) is 10.2. The van der Waals surface area contributed by atoms with Gasteiger partial charge in [-0.2, -0.15) is 0 Å². The van der Waals surface area contributed by atoms with Gasteiger partial charge in [-0.1, -0.05) is 25.1 Å². The van der Waals surface area contributed by atoms with Crippen molar-refractivity contribution in [3.05, 3.63) is 42.3 Å². The molecule has 2 N–H and O–H groups in total. The average Bonchev–Trinajstić information content (AvgIpc) is 2.93. The number of aliphatic hydroxyl groups excluding tert-OH is 1. The SMILES string of the molecule is CCC(CCO)NCc1coc(-c2ccccc2)n1. The molecule has 0 aliphatic heterocycles. The van der Waals surface area contributed by atoms with E-state index >= 15 is 0 Å². The molecule has 4 heteroatoms. The number of aliphatic hydroxyl groups is 1. The summed E-state index contributed by atoms with van der Waals surface area (Å²) in [5.74, 6) is 0.646. The molecule has 4 nitrogen and oxygen atoms in total. The predicted octanol–water partition coefficient (Wildman–Crippen LogP) is 2.59. The molecule has 1 heterocycles. The van der Waals surface area contributed by atoms with Crippen LogP contribution < -0.4 is 5.32 Å². The van der Waals surface area contributed by atoms with Crippen LogP contribution in [0, 0.1) is 0 Å². The van der Waals surface area contributed by atoms with Gasteiger partial charge in [0.15, 0.2) is 0 Å². The van der Waals surface area contributed by atoms with E-state index in [4.69, 9.17) is 9.52 Å². The number of benzene rings is 1. The Morgan fingerprint density at radius 2 is 2.11 bits per heavy atom. The molecule has 19 heavy (non-hydrogen) atoms. The Morgan fingerprint density at radius 3 is 2.79 bits per heavy atom. The minimum absolute atomic E-state index is 0.208. The van der Waals surface area contributed by atoms with Crippen LogP contribution in [0.3, 0.4) is 0 Å². The van der Waals surface area contributed by atoms with Gasteiger partial charge in [-0.3, -0.25) is 0 Å². The molecule has 1 atom stereocenters. The summed E-state index contributed by atoms with van der Waals surface area (Å²) in [6.07, 6.45) is 3.44. The average molecular weight is 260 g/mol. The summed E-state index contributed by atoms with van der Waals surface area (Å²) in [5.41, 5.74) is 1.87. The second kappa shape index (κ2) is 7.07. The molecule has 1 unspecified atom stereocenters. The Hall–Kier alpha value is -1.65. The van der Waals surface area contributed by atoms with Crippen molar-refractivity contribution in [2.45, 2.75) is 32.4 Å². The molecule has 0 bridgehead atoms. The first-order chi connectivity index (χ1) is 9.33. The number of rotatable bonds is 7. The lowest BCUT2D eigenvalue weighted by atomic mass is 10.1. The molecular formula is C15H20N2O2. The summed E-state index contributed by atoms with van der Waals surface area (Å²) >= 11 is 0. The van der Waals surface area contributed by atoms with Gasteiger partial charge in [-0.15, -0.1) is 0 Å². The molecule has 0 spiro atoms. The number of nitrogens with zero attached hydrogens (tertiary/aromatic N) is 1. The maximum atomic E-state index is 8.94. The van der Waals surface area contributed by atoms with E-state index < -0.39 is 0 Å². The number of aromatic nitrogens is 1. The lowest BCUT2D eigenvalue weighted by Gasteiger charge is -2.14. The van der Waals surface area contributed by atoms with Gasteiger partial charge in [-0.05, 0) is 25.0 Å². The van der Waals surface area contributed by atoms with Crippen LogP contribution in [-0.4, -0.2) is 22.7 Å². The molecular weight excluding hydrogens is 240 g/mol. The van der Waals surface area contributed by atoms with E-state index in [0.717, 1.165) is 24.1 Å². The second-order valence-electron chi connectivity index (χ2n) is 4.51. The highest BCUT2D eigenvalue weighted by atomic mass is 16.3. The van der Waals surface area contributed by atoms with Crippen LogP contribution in [0.25, 0.3) is 11.5 Å². The highest BCUT2D eigenvalue weighted by Gasteiger charge is 2.08. The fraction of sp³-hybridized carbons (Fsp3) is 0.400. The van der Waals surface area contributed by atoms with Crippen molar-refractivity contribution in [1.82, 2.24) is 10.3 Å². The van der Waals surface area contributed by atoms with Gasteiger partial charge in [0, 0.05) is 24.8 Å². The highest BCUT2D eigenvalue weighted by Crippen LogP contribution is 2.17. The van der Waals surface area contributed by atoms with Gasteiger partial charge in [-0.25, -0.2) is 4.98 Å². The second-order valence-corrected chi connectivity index (χ2v) is 4.51. The zero-order valence-electron chi connectivity index (χ0n) is 11.2. The Balaban J connectivity index is 1.94. The molecule has 0 saturated carbocycles. The minimum Gasteiger partial charge on any atom is -0.444 e. The van der Waals surface area contributed by atoms with Crippen molar-refractivity contribution < 1.29 is 9.52 Å². The fourth-order valence-corrected chi connectivity index (χ4v) is 1.96. The van der Waals surface area contributed by atoms with E-state index in [2.05, 4.69) is 17.2 Å². The lowest BCUT2D eigenvalue weighted by molar-refractivity contribution is 0.261. The molecule has 0 aliphatic rings. The minimum atomic E-state index is 0.208. The molecule has 1 aromatic carbocycles. The smallest absolute Gasteiger partial charge is 0.226 e. The van der Waals surface area contributed by atoms with Crippen LogP contribution in [0.4, 0.5) is 0 Å². The Bertz CT molecular complexity index is 482. The zero-order chi connectivity index (χ0) is 13.5. The maximum Gasteiger partial charge on any atom is 0.226 e. The van der Waals surface area contributed by atoms with Crippen molar-refractivity contribution in [3.63, 3.8) is 0 Å². The number of hydrogen-bond donors (Lipinski definition) is 2. The van der Waals surface area contributed by atoms with Gasteiger partial charge in [0.1, 0.15) is 6.26 Å². The predicted molar refractivity (Wildman–Crippen MR) is 74.6 cm³/mol. The summed E-state index contributed by atoms with van der Waals surface area (Å²) in [6.45, 7) is 2.97. The normalized spacial score (nSPS) is 12.5. The quantitative estimate of drug-likeness (QED) is 0.803. The van der Waals surface area contributed by atoms with Gasteiger partial charge >= 0.3 is 0 Å². The first-order valence-corrected chi connectivity index (χ1v) is 6.67. The van der Waals surface area contributed by atoms with E-state index in [9.17, 15) is 0 Å². The van der Waals surface area contributed by atoms with Crippen LogP contribution in [0.5, 0.6) is 0 Å². The lowest BCUT2D eigenvalue weighted by Crippen LogP contribution is -2.28. The summed E-state index contributed by atoms with van der Waals surface area (Å²) in [5, 5.41) is 12.3. The van der Waals surface area contributed by atoms with E-state index in [1.807, 2.05) is 30.3 Å². The highest BCUT2D eigenvalue weighted by molar-refractivity contribution is 5.52. The number of oxazole rings is 1. The summed E-state index contributed by atoms with van der Waals surface area (Å²) in [4.78, 5) is 4.46. The van der Waals surface area contributed by atoms with E-state index in [1.54, 1.807) is 6.26 Å². The molecule has 102 valence electrons. The van der Waals surface area contributed by atoms with Crippen LogP contribution in [0.1, 0.15) is 25.5 Å². The molecule has 2 aromatic rings. The third kappa shape index (κ3) is 3.91. The molecule has 1 aromatic heterocycles. The van der Waals surface area contributed by atoms with Gasteiger partial charge in [0.25, 0.3) is 0 Å². The van der Waals surface area contributed by atoms with Crippen LogP contribution in [0.2, 0.25) is 0 Å². The third-order valence-corrected chi connectivity index (χ3v) is 3.11. The van der Waals surface area contributed by atoms with Gasteiger partial charge in [0.05, 0.1) is 5.69 Å². The zero-order valence-corrected chi connectivity index (χ0v) is 11.2. The van der Waals surface area contributed by atoms with Crippen molar-refractivity contribution in [1.29, 1.82) is 0 Å². The monoisotopic (exact) mass is 260 g/mol. The van der Waals surface area contributed by atoms with E-state index in [1.165, 1.54) is 0 Å². The molecule has 0 fully saturated rings. The number of nitrogens with one attached hydrogen (secondary N) is 1. The van der Waals surface area contributed by atoms with Crippen LogP contribution in [0.15, 0.2) is 41.0 Å². The molecule has 0 amide bonds. The van der Waals surface area contributed by atoms with E-state index in [0.29, 0.717) is 18.5 Å². The Morgan fingerprint density at radius 1 is 1.32 bits per heavy atom. The Kier molecular flexibility index (Phi) is 5.12.